The fourth-order valence-corrected chi connectivity index (χ4v) is 2.33. The molecule has 21 heavy (non-hydrogen) atoms. The number of ketones is 1. The highest BCUT2D eigenvalue weighted by molar-refractivity contribution is 5.98. The Hall–Kier alpha value is -2.30. The van der Waals surface area contributed by atoms with E-state index < -0.39 is 5.97 Å². The third-order valence-corrected chi connectivity index (χ3v) is 3.35. The Morgan fingerprint density at radius 1 is 1.24 bits per heavy atom. The van der Waals surface area contributed by atoms with Gasteiger partial charge in [0, 0.05) is 12.5 Å². The Bertz CT molecular complexity index is 589. The minimum atomic E-state index is -0.674. The molecular formula is C16H18O5. The van der Waals surface area contributed by atoms with Gasteiger partial charge < -0.3 is 14.9 Å². The van der Waals surface area contributed by atoms with E-state index in [-0.39, 0.29) is 40.9 Å². The van der Waals surface area contributed by atoms with Crippen molar-refractivity contribution in [3.8, 4) is 11.5 Å². The van der Waals surface area contributed by atoms with Crippen molar-refractivity contribution in [2.24, 2.45) is 0 Å². The Balaban J connectivity index is 2.44. The van der Waals surface area contributed by atoms with Crippen molar-refractivity contribution in [2.45, 2.75) is 38.7 Å². The number of hydrogen-bond acceptors (Lipinski definition) is 5. The van der Waals surface area contributed by atoms with Crippen LogP contribution in [0.15, 0.2) is 24.3 Å². The summed E-state index contributed by atoms with van der Waals surface area (Å²) in [5.41, 5.74) is 0.210. The summed E-state index contributed by atoms with van der Waals surface area (Å²) in [5, 5.41) is 19.4. The SMILES string of the molecule is CC1CCC/C=C\C(=O)Cc2cc(O)cc(O)c2C(=O)O1. The highest BCUT2D eigenvalue weighted by Gasteiger charge is 2.22. The molecule has 0 bridgehead atoms. The maximum Gasteiger partial charge on any atom is 0.342 e. The van der Waals surface area contributed by atoms with Crippen LogP contribution in [0.25, 0.3) is 0 Å². The molecule has 0 fully saturated rings. The smallest absolute Gasteiger partial charge is 0.342 e. The normalized spacial score (nSPS) is 21.7. The summed E-state index contributed by atoms with van der Waals surface area (Å²) in [6.07, 6.45) is 5.15. The number of fused-ring (bicyclic) bond motifs is 1. The second-order valence-corrected chi connectivity index (χ2v) is 5.19. The van der Waals surface area contributed by atoms with Crippen LogP contribution in [0.4, 0.5) is 0 Å². The quantitative estimate of drug-likeness (QED) is 0.717. The number of cyclic esters (lactones) is 1. The van der Waals surface area contributed by atoms with Crippen LogP contribution in [-0.4, -0.2) is 28.1 Å². The highest BCUT2D eigenvalue weighted by atomic mass is 16.5. The number of rotatable bonds is 0. The molecule has 112 valence electrons. The number of aromatic hydroxyl groups is 2. The van der Waals surface area contributed by atoms with Crippen LogP contribution in [0.1, 0.15) is 42.1 Å². The number of carbonyl (C=O) groups is 2. The van der Waals surface area contributed by atoms with Crippen molar-refractivity contribution >= 4 is 11.8 Å². The van der Waals surface area contributed by atoms with E-state index in [0.717, 1.165) is 18.9 Å². The van der Waals surface area contributed by atoms with Crippen molar-refractivity contribution in [3.63, 3.8) is 0 Å². The van der Waals surface area contributed by atoms with Gasteiger partial charge in [0.05, 0.1) is 6.10 Å². The first-order valence-electron chi connectivity index (χ1n) is 6.92. The lowest BCUT2D eigenvalue weighted by molar-refractivity contribution is -0.114. The van der Waals surface area contributed by atoms with Crippen molar-refractivity contribution in [3.05, 3.63) is 35.4 Å². The van der Waals surface area contributed by atoms with E-state index in [9.17, 15) is 19.8 Å². The molecule has 1 aromatic rings. The van der Waals surface area contributed by atoms with Gasteiger partial charge in [-0.25, -0.2) is 4.79 Å². The number of carbonyl (C=O) groups excluding carboxylic acids is 2. The first-order valence-corrected chi connectivity index (χ1v) is 6.92. The molecule has 0 amide bonds. The molecule has 1 aliphatic heterocycles. The first-order chi connectivity index (χ1) is 9.97. The second kappa shape index (κ2) is 6.43. The van der Waals surface area contributed by atoms with E-state index >= 15 is 0 Å². The summed E-state index contributed by atoms with van der Waals surface area (Å²) in [6, 6.07) is 2.37. The number of phenolic OH excluding ortho intramolecular Hbond substituents is 2. The van der Waals surface area contributed by atoms with Crippen LogP contribution >= 0.6 is 0 Å². The lowest BCUT2D eigenvalue weighted by atomic mass is 9.99. The standard InChI is InChI=1S/C16H18O5/c1-10-5-3-2-4-6-12(17)7-11-8-13(18)9-14(19)15(11)16(20)21-10/h4,6,8-10,18-19H,2-3,5,7H2,1H3/b6-4-. The van der Waals surface area contributed by atoms with Gasteiger partial charge in [-0.15, -0.1) is 0 Å². The molecule has 0 saturated carbocycles. The molecule has 0 saturated heterocycles. The molecule has 2 rings (SSSR count). The molecule has 0 radical (unpaired) electrons. The van der Waals surface area contributed by atoms with Gasteiger partial charge in [0.1, 0.15) is 17.1 Å². The van der Waals surface area contributed by atoms with Crippen molar-refractivity contribution in [2.75, 3.05) is 0 Å². The Kier molecular flexibility index (Phi) is 4.62. The zero-order valence-electron chi connectivity index (χ0n) is 11.8. The second-order valence-electron chi connectivity index (χ2n) is 5.19. The fourth-order valence-electron chi connectivity index (χ4n) is 2.33. The molecule has 2 N–H and O–H groups in total. The highest BCUT2D eigenvalue weighted by Crippen LogP contribution is 2.29. The predicted molar refractivity (Wildman–Crippen MR) is 76.4 cm³/mol. The minimum absolute atomic E-state index is 0.0537. The molecule has 5 nitrogen and oxygen atoms in total. The summed E-state index contributed by atoms with van der Waals surface area (Å²) < 4.78 is 5.29. The van der Waals surface area contributed by atoms with Gasteiger partial charge >= 0.3 is 5.97 Å². The molecule has 0 aliphatic carbocycles. The van der Waals surface area contributed by atoms with Crippen LogP contribution in [0, 0.1) is 0 Å². The first kappa shape index (κ1) is 15.1. The summed E-state index contributed by atoms with van der Waals surface area (Å²) in [5.74, 6) is -1.44. The third kappa shape index (κ3) is 3.84. The Labute approximate surface area is 122 Å². The fraction of sp³-hybridized carbons (Fsp3) is 0.375. The molecule has 1 heterocycles. The summed E-state index contributed by atoms with van der Waals surface area (Å²) in [6.45, 7) is 1.79. The van der Waals surface area contributed by atoms with E-state index in [1.807, 2.05) is 0 Å². The van der Waals surface area contributed by atoms with Crippen LogP contribution in [-0.2, 0) is 16.0 Å². The van der Waals surface area contributed by atoms with Gasteiger partial charge in [0.25, 0.3) is 0 Å². The zero-order chi connectivity index (χ0) is 15.4. The average Bonchev–Trinajstić information content (AvgIpc) is 2.35. The molecule has 5 heteroatoms. The van der Waals surface area contributed by atoms with Gasteiger partial charge in [0.2, 0.25) is 0 Å². The van der Waals surface area contributed by atoms with Crippen molar-refractivity contribution in [1.82, 2.24) is 0 Å². The third-order valence-electron chi connectivity index (χ3n) is 3.35. The number of phenols is 2. The Morgan fingerprint density at radius 2 is 2.00 bits per heavy atom. The summed E-state index contributed by atoms with van der Waals surface area (Å²) >= 11 is 0. The van der Waals surface area contributed by atoms with Crippen molar-refractivity contribution < 1.29 is 24.5 Å². The number of esters is 1. The van der Waals surface area contributed by atoms with Crippen LogP contribution in [0.5, 0.6) is 11.5 Å². The topological polar surface area (TPSA) is 83.8 Å². The maximum absolute atomic E-state index is 12.2. The lowest BCUT2D eigenvalue weighted by Gasteiger charge is -2.16. The van der Waals surface area contributed by atoms with Crippen LogP contribution < -0.4 is 0 Å². The van der Waals surface area contributed by atoms with E-state index in [1.54, 1.807) is 13.0 Å². The summed E-state index contributed by atoms with van der Waals surface area (Å²) in [7, 11) is 0. The van der Waals surface area contributed by atoms with E-state index in [0.29, 0.717) is 6.42 Å². The van der Waals surface area contributed by atoms with E-state index in [4.69, 9.17) is 4.74 Å². The van der Waals surface area contributed by atoms with Crippen LogP contribution in [0.2, 0.25) is 0 Å². The number of allylic oxidation sites excluding steroid dienone is 2. The summed E-state index contributed by atoms with van der Waals surface area (Å²) in [4.78, 5) is 24.0. The van der Waals surface area contributed by atoms with Crippen LogP contribution in [0.3, 0.4) is 0 Å². The molecule has 0 aromatic heterocycles. The molecule has 1 aliphatic rings. The van der Waals surface area contributed by atoms with Gasteiger partial charge in [-0.1, -0.05) is 6.08 Å². The maximum atomic E-state index is 12.2. The van der Waals surface area contributed by atoms with Gasteiger partial charge in [-0.3, -0.25) is 4.79 Å². The number of ether oxygens (including phenoxy) is 1. The monoisotopic (exact) mass is 290 g/mol. The molecular weight excluding hydrogens is 272 g/mol. The zero-order valence-corrected chi connectivity index (χ0v) is 11.8. The van der Waals surface area contributed by atoms with Crippen molar-refractivity contribution in [1.29, 1.82) is 0 Å². The van der Waals surface area contributed by atoms with Gasteiger partial charge in [-0.2, -0.15) is 0 Å². The molecule has 0 spiro atoms. The molecule has 1 unspecified atom stereocenters. The van der Waals surface area contributed by atoms with E-state index in [1.165, 1.54) is 12.1 Å². The van der Waals surface area contributed by atoms with Gasteiger partial charge in [-0.05, 0) is 43.9 Å². The predicted octanol–water partition coefficient (Wildman–Crippen LogP) is 2.49. The number of benzene rings is 1. The minimum Gasteiger partial charge on any atom is -0.508 e. The number of hydrogen-bond donors (Lipinski definition) is 2. The molecule has 1 aromatic carbocycles. The average molecular weight is 290 g/mol. The van der Waals surface area contributed by atoms with Gasteiger partial charge in [0.15, 0.2) is 5.78 Å². The largest absolute Gasteiger partial charge is 0.508 e. The molecule has 1 atom stereocenters. The lowest BCUT2D eigenvalue weighted by Crippen LogP contribution is -2.18. The van der Waals surface area contributed by atoms with E-state index in [2.05, 4.69) is 0 Å². The Morgan fingerprint density at radius 3 is 2.76 bits per heavy atom.